The zero-order valence-corrected chi connectivity index (χ0v) is 15.6. The van der Waals surface area contributed by atoms with Crippen LogP contribution in [0, 0.1) is 5.92 Å². The lowest BCUT2D eigenvalue weighted by Gasteiger charge is -2.22. The van der Waals surface area contributed by atoms with Crippen molar-refractivity contribution >= 4 is 22.8 Å². The van der Waals surface area contributed by atoms with E-state index < -0.39 is 12.0 Å². The molecule has 1 saturated heterocycles. The fourth-order valence-corrected chi connectivity index (χ4v) is 3.86. The maximum Gasteiger partial charge on any atom is 0.333 e. The monoisotopic (exact) mass is 371 g/mol. The van der Waals surface area contributed by atoms with Crippen molar-refractivity contribution in [2.24, 2.45) is 5.92 Å². The van der Waals surface area contributed by atoms with Crippen LogP contribution < -0.4 is 10.1 Å². The number of fused-ring (bicyclic) bond motifs is 3. The van der Waals surface area contributed by atoms with Crippen molar-refractivity contribution in [2.45, 2.75) is 51.5 Å². The van der Waals surface area contributed by atoms with Crippen LogP contribution in [-0.2, 0) is 27.2 Å². The lowest BCUT2D eigenvalue weighted by molar-refractivity contribution is -0.140. The normalized spacial score (nSPS) is 18.7. The van der Waals surface area contributed by atoms with Crippen LogP contribution >= 0.6 is 0 Å². The predicted molar refractivity (Wildman–Crippen MR) is 99.6 cm³/mol. The number of carbonyl (C=O) groups excluding carboxylic acids is 2. The van der Waals surface area contributed by atoms with Gasteiger partial charge in [-0.25, -0.2) is 4.79 Å². The molecule has 1 N–H and O–H groups in total. The molecule has 6 heteroatoms. The highest BCUT2D eigenvalue weighted by atomic mass is 16.5. The van der Waals surface area contributed by atoms with Crippen LogP contribution in [0.5, 0.6) is 5.75 Å². The van der Waals surface area contributed by atoms with Gasteiger partial charge in [0.15, 0.2) is 0 Å². The molecule has 6 nitrogen and oxygen atoms in total. The number of amides is 1. The van der Waals surface area contributed by atoms with Crippen molar-refractivity contribution in [3.63, 3.8) is 0 Å². The minimum Gasteiger partial charge on any atom is -0.461 e. The van der Waals surface area contributed by atoms with Gasteiger partial charge in [-0.15, -0.1) is 0 Å². The van der Waals surface area contributed by atoms with Crippen molar-refractivity contribution in [1.82, 2.24) is 5.32 Å². The Bertz CT molecular complexity index is 850. The van der Waals surface area contributed by atoms with Gasteiger partial charge in [0, 0.05) is 36.5 Å². The van der Waals surface area contributed by atoms with E-state index in [1.807, 2.05) is 12.1 Å². The Balaban J connectivity index is 1.41. The van der Waals surface area contributed by atoms with E-state index in [4.69, 9.17) is 13.9 Å². The number of ether oxygens (including phenoxy) is 2. The van der Waals surface area contributed by atoms with Crippen molar-refractivity contribution in [3.8, 4) is 5.75 Å². The largest absolute Gasteiger partial charge is 0.461 e. The maximum atomic E-state index is 12.4. The molecular weight excluding hydrogens is 346 g/mol. The topological polar surface area (TPSA) is 77.8 Å². The van der Waals surface area contributed by atoms with Gasteiger partial charge in [-0.3, -0.25) is 4.79 Å². The number of benzene rings is 1. The minimum atomic E-state index is -0.700. The standard InChI is InChI=1S/C21H25NO5/c1-13(22-20(23)14-8-10-25-11-9-14)21(24)26-15-6-7-19-17(12-15)16-4-2-3-5-18(16)27-19/h6-7,12-14H,2-5,8-11H2,1H3,(H,22,23). The van der Waals surface area contributed by atoms with Gasteiger partial charge in [0.2, 0.25) is 5.91 Å². The summed E-state index contributed by atoms with van der Waals surface area (Å²) in [5, 5.41) is 3.79. The molecule has 2 heterocycles. The summed E-state index contributed by atoms with van der Waals surface area (Å²) < 4.78 is 16.7. The number of hydrogen-bond acceptors (Lipinski definition) is 5. The van der Waals surface area contributed by atoms with Crippen LogP contribution in [0.4, 0.5) is 0 Å². The van der Waals surface area contributed by atoms with Crippen molar-refractivity contribution in [1.29, 1.82) is 0 Å². The average molecular weight is 371 g/mol. The molecule has 1 fully saturated rings. The van der Waals surface area contributed by atoms with Crippen LogP contribution in [0.1, 0.15) is 43.9 Å². The summed E-state index contributed by atoms with van der Waals surface area (Å²) in [5.41, 5.74) is 2.07. The maximum absolute atomic E-state index is 12.4. The molecule has 1 aliphatic carbocycles. The second kappa shape index (κ2) is 7.72. The lowest BCUT2D eigenvalue weighted by atomic mass is 9.96. The Labute approximate surface area is 158 Å². The molecule has 27 heavy (non-hydrogen) atoms. The van der Waals surface area contributed by atoms with Gasteiger partial charge < -0.3 is 19.2 Å². The Morgan fingerprint density at radius 1 is 1.19 bits per heavy atom. The highest BCUT2D eigenvalue weighted by molar-refractivity contribution is 5.88. The molecule has 0 saturated carbocycles. The van der Waals surface area contributed by atoms with E-state index in [9.17, 15) is 9.59 Å². The van der Waals surface area contributed by atoms with Crippen molar-refractivity contribution in [3.05, 3.63) is 29.5 Å². The van der Waals surface area contributed by atoms with Gasteiger partial charge >= 0.3 is 5.97 Å². The molecule has 1 aliphatic heterocycles. The summed E-state index contributed by atoms with van der Waals surface area (Å²) >= 11 is 0. The quantitative estimate of drug-likeness (QED) is 0.660. The molecule has 0 spiro atoms. The van der Waals surface area contributed by atoms with Crippen LogP contribution in [0.3, 0.4) is 0 Å². The van der Waals surface area contributed by atoms with Gasteiger partial charge in [-0.1, -0.05) is 0 Å². The summed E-state index contributed by atoms with van der Waals surface area (Å²) in [5.74, 6) is 0.864. The van der Waals surface area contributed by atoms with Gasteiger partial charge in [0.05, 0.1) is 0 Å². The number of nitrogens with one attached hydrogen (secondary N) is 1. The van der Waals surface area contributed by atoms with Crippen molar-refractivity contribution in [2.75, 3.05) is 13.2 Å². The van der Waals surface area contributed by atoms with Gasteiger partial charge in [-0.05, 0) is 57.2 Å². The molecule has 2 aliphatic rings. The van der Waals surface area contributed by atoms with E-state index in [1.54, 1.807) is 13.0 Å². The molecule has 0 radical (unpaired) electrons. The summed E-state index contributed by atoms with van der Waals surface area (Å²) in [6.45, 7) is 2.83. The summed E-state index contributed by atoms with van der Waals surface area (Å²) in [4.78, 5) is 24.7. The van der Waals surface area contributed by atoms with E-state index in [2.05, 4.69) is 5.32 Å². The third-order valence-corrected chi connectivity index (χ3v) is 5.45. The van der Waals surface area contributed by atoms with E-state index in [0.717, 1.165) is 42.4 Å². The minimum absolute atomic E-state index is 0.0946. The van der Waals surface area contributed by atoms with Crippen LogP contribution in [0.15, 0.2) is 22.6 Å². The van der Waals surface area contributed by atoms with Gasteiger partial charge in [0.25, 0.3) is 0 Å². The molecule has 144 valence electrons. The number of carbonyl (C=O) groups is 2. The van der Waals surface area contributed by atoms with Gasteiger partial charge in [-0.2, -0.15) is 0 Å². The number of hydrogen-bond donors (Lipinski definition) is 1. The fraction of sp³-hybridized carbons (Fsp3) is 0.524. The molecule has 2 aromatic rings. The molecule has 1 atom stereocenters. The van der Waals surface area contributed by atoms with E-state index in [-0.39, 0.29) is 11.8 Å². The number of furan rings is 1. The summed E-state index contributed by atoms with van der Waals surface area (Å²) in [6, 6.07) is 4.76. The van der Waals surface area contributed by atoms with E-state index in [1.165, 1.54) is 5.56 Å². The van der Waals surface area contributed by atoms with Crippen molar-refractivity contribution < 1.29 is 23.5 Å². The van der Waals surface area contributed by atoms with Crippen LogP contribution in [0.25, 0.3) is 11.0 Å². The predicted octanol–water partition coefficient (Wildman–Crippen LogP) is 3.15. The summed E-state index contributed by atoms with van der Waals surface area (Å²) in [7, 11) is 0. The van der Waals surface area contributed by atoms with E-state index in [0.29, 0.717) is 31.8 Å². The zero-order chi connectivity index (χ0) is 18.8. The fourth-order valence-electron chi connectivity index (χ4n) is 3.86. The number of esters is 1. The highest BCUT2D eigenvalue weighted by Crippen LogP contribution is 2.34. The molecule has 1 amide bonds. The molecule has 4 rings (SSSR count). The first kappa shape index (κ1) is 18.0. The third kappa shape index (κ3) is 3.86. The SMILES string of the molecule is CC(NC(=O)C1CCOCC1)C(=O)Oc1ccc2oc3c(c2c1)CCCC3. The number of aryl methyl sites for hydroxylation is 2. The Morgan fingerprint density at radius 3 is 2.78 bits per heavy atom. The Morgan fingerprint density at radius 2 is 1.96 bits per heavy atom. The zero-order valence-electron chi connectivity index (χ0n) is 15.6. The Hall–Kier alpha value is -2.34. The van der Waals surface area contributed by atoms with Gasteiger partial charge in [0.1, 0.15) is 23.1 Å². The molecule has 1 aromatic carbocycles. The average Bonchev–Trinajstić information content (AvgIpc) is 3.06. The summed E-state index contributed by atoms with van der Waals surface area (Å²) in [6.07, 6.45) is 5.65. The molecule has 1 unspecified atom stereocenters. The first-order valence-corrected chi connectivity index (χ1v) is 9.76. The van der Waals surface area contributed by atoms with Crippen LogP contribution in [-0.4, -0.2) is 31.1 Å². The molecular formula is C21H25NO5. The molecule has 1 aromatic heterocycles. The highest BCUT2D eigenvalue weighted by Gasteiger charge is 2.26. The first-order chi connectivity index (χ1) is 13.1. The smallest absolute Gasteiger partial charge is 0.333 e. The third-order valence-electron chi connectivity index (χ3n) is 5.45. The van der Waals surface area contributed by atoms with Crippen LogP contribution in [0.2, 0.25) is 0 Å². The second-order valence-corrected chi connectivity index (χ2v) is 7.41. The van der Waals surface area contributed by atoms with E-state index >= 15 is 0 Å². The Kier molecular flexibility index (Phi) is 5.16. The number of rotatable bonds is 4. The lowest BCUT2D eigenvalue weighted by Crippen LogP contribution is -2.44. The molecule has 0 bridgehead atoms. The first-order valence-electron chi connectivity index (χ1n) is 9.76. The second-order valence-electron chi connectivity index (χ2n) is 7.41.